The fourth-order valence-corrected chi connectivity index (χ4v) is 4.70. The van der Waals surface area contributed by atoms with Crippen molar-refractivity contribution in [3.05, 3.63) is 48.5 Å². The molecule has 0 aliphatic carbocycles. The molecule has 6 nitrogen and oxygen atoms in total. The normalized spacial score (nSPS) is 11.8. The Balaban J connectivity index is 1.61. The number of aromatic nitrogens is 1. The Bertz CT molecular complexity index is 995. The van der Waals surface area contributed by atoms with Crippen molar-refractivity contribution in [2.75, 3.05) is 30.2 Å². The number of carbonyl (C=O) groups is 2. The third-order valence-electron chi connectivity index (χ3n) is 4.19. The van der Waals surface area contributed by atoms with Gasteiger partial charge < -0.3 is 15.4 Å². The number of anilines is 1. The molecule has 30 heavy (non-hydrogen) atoms. The van der Waals surface area contributed by atoms with Crippen LogP contribution in [0.3, 0.4) is 0 Å². The number of thioether (sulfide) groups is 2. The lowest BCUT2D eigenvalue weighted by atomic mass is 10.2. The number of amides is 2. The summed E-state index contributed by atoms with van der Waals surface area (Å²) in [5.41, 5.74) is 1.60. The highest BCUT2D eigenvalue weighted by Crippen LogP contribution is 2.30. The zero-order chi connectivity index (χ0) is 21.3. The Labute approximate surface area is 188 Å². The van der Waals surface area contributed by atoms with Crippen LogP contribution in [0.4, 0.5) is 5.69 Å². The molecule has 2 aromatic carbocycles. The first kappa shape index (κ1) is 22.5. The summed E-state index contributed by atoms with van der Waals surface area (Å²) in [6, 6.07) is 14.1. The van der Waals surface area contributed by atoms with Gasteiger partial charge in [-0.25, -0.2) is 4.98 Å². The Hall–Kier alpha value is -2.23. The van der Waals surface area contributed by atoms with E-state index in [9.17, 15) is 9.59 Å². The summed E-state index contributed by atoms with van der Waals surface area (Å²) in [7, 11) is 0. The number of hydrogen-bond acceptors (Lipinski definition) is 7. The molecule has 2 N–H and O–H groups in total. The average Bonchev–Trinajstić information content (AvgIpc) is 3.18. The average molecular weight is 462 g/mol. The molecule has 3 aromatic rings. The minimum atomic E-state index is -0.636. The van der Waals surface area contributed by atoms with Crippen LogP contribution in [0.25, 0.3) is 10.2 Å². The van der Waals surface area contributed by atoms with Crippen LogP contribution in [-0.2, 0) is 9.59 Å². The maximum Gasteiger partial charge on any atom is 0.258 e. The van der Waals surface area contributed by atoms with Crippen LogP contribution in [0, 0.1) is 0 Å². The lowest BCUT2D eigenvalue weighted by Gasteiger charge is -2.18. The summed E-state index contributed by atoms with van der Waals surface area (Å²) in [4.78, 5) is 29.7. The zero-order valence-electron chi connectivity index (χ0n) is 16.7. The van der Waals surface area contributed by atoms with Crippen LogP contribution in [0.1, 0.15) is 6.42 Å². The first-order chi connectivity index (χ1) is 14.6. The van der Waals surface area contributed by atoms with Gasteiger partial charge in [0.2, 0.25) is 5.91 Å². The Kier molecular flexibility index (Phi) is 8.41. The molecule has 1 aromatic heterocycles. The van der Waals surface area contributed by atoms with E-state index >= 15 is 0 Å². The molecule has 1 unspecified atom stereocenters. The van der Waals surface area contributed by atoms with Gasteiger partial charge in [0.25, 0.3) is 5.91 Å². The van der Waals surface area contributed by atoms with E-state index in [1.165, 1.54) is 0 Å². The SMILES string of the molecule is CSCCC(NC(=O)COc1ccccc1)C(=O)Nc1ccc2nc(SC)sc2c1. The molecule has 1 heterocycles. The summed E-state index contributed by atoms with van der Waals surface area (Å²) in [5, 5.41) is 5.71. The van der Waals surface area contributed by atoms with E-state index in [0.717, 1.165) is 20.3 Å². The molecule has 0 saturated carbocycles. The predicted molar refractivity (Wildman–Crippen MR) is 127 cm³/mol. The van der Waals surface area contributed by atoms with Crippen molar-refractivity contribution in [3.63, 3.8) is 0 Å². The lowest BCUT2D eigenvalue weighted by Crippen LogP contribution is -2.45. The van der Waals surface area contributed by atoms with Gasteiger partial charge >= 0.3 is 0 Å². The number of carbonyl (C=O) groups excluding carboxylic acids is 2. The zero-order valence-corrected chi connectivity index (χ0v) is 19.2. The molecule has 158 valence electrons. The maximum absolute atomic E-state index is 12.8. The molecule has 0 fully saturated rings. The van der Waals surface area contributed by atoms with Gasteiger partial charge in [0.1, 0.15) is 11.8 Å². The Morgan fingerprint density at radius 3 is 2.70 bits per heavy atom. The smallest absolute Gasteiger partial charge is 0.258 e. The van der Waals surface area contributed by atoms with Crippen molar-refractivity contribution in [3.8, 4) is 5.75 Å². The second-order valence-corrected chi connectivity index (χ2v) is 9.43. The highest BCUT2D eigenvalue weighted by Gasteiger charge is 2.21. The van der Waals surface area contributed by atoms with Gasteiger partial charge in [0.05, 0.1) is 10.2 Å². The standard InChI is InChI=1S/C21H23N3O3S3/c1-28-11-10-17(23-19(25)13-27-15-6-4-3-5-7-15)20(26)22-14-8-9-16-18(12-14)30-21(24-16)29-2/h3-9,12,17H,10-11,13H2,1-2H3,(H,22,26)(H,23,25). The van der Waals surface area contributed by atoms with Gasteiger partial charge in [-0.05, 0) is 55.0 Å². The molecule has 0 aliphatic rings. The van der Waals surface area contributed by atoms with Crippen molar-refractivity contribution >= 4 is 62.6 Å². The maximum atomic E-state index is 12.8. The predicted octanol–water partition coefficient (Wildman–Crippen LogP) is 4.27. The second-order valence-electron chi connectivity index (χ2n) is 6.36. The van der Waals surface area contributed by atoms with Crippen molar-refractivity contribution in [2.24, 2.45) is 0 Å². The van der Waals surface area contributed by atoms with E-state index in [-0.39, 0.29) is 18.4 Å². The van der Waals surface area contributed by atoms with E-state index in [2.05, 4.69) is 15.6 Å². The van der Waals surface area contributed by atoms with Crippen molar-refractivity contribution in [1.82, 2.24) is 10.3 Å². The summed E-state index contributed by atoms with van der Waals surface area (Å²) in [5.74, 6) is 0.789. The molecule has 0 saturated heterocycles. The monoisotopic (exact) mass is 461 g/mol. The highest BCUT2D eigenvalue weighted by molar-refractivity contribution is 8.00. The van der Waals surface area contributed by atoms with E-state index in [1.807, 2.05) is 48.9 Å². The summed E-state index contributed by atoms with van der Waals surface area (Å²) in [6.07, 6.45) is 4.49. The van der Waals surface area contributed by atoms with E-state index < -0.39 is 6.04 Å². The number of fused-ring (bicyclic) bond motifs is 1. The number of benzene rings is 2. The second kappa shape index (κ2) is 11.2. The van der Waals surface area contributed by atoms with Gasteiger partial charge in [-0.1, -0.05) is 30.0 Å². The molecule has 0 aliphatic heterocycles. The van der Waals surface area contributed by atoms with Gasteiger partial charge in [0, 0.05) is 5.69 Å². The molecular formula is C21H23N3O3S3. The molecular weight excluding hydrogens is 438 g/mol. The third kappa shape index (κ3) is 6.38. The first-order valence-electron chi connectivity index (χ1n) is 9.30. The van der Waals surface area contributed by atoms with E-state index in [1.54, 1.807) is 47.0 Å². The van der Waals surface area contributed by atoms with Crippen molar-refractivity contribution in [2.45, 2.75) is 16.8 Å². The van der Waals surface area contributed by atoms with Crippen LogP contribution >= 0.6 is 34.9 Å². The van der Waals surface area contributed by atoms with Gasteiger partial charge in [-0.3, -0.25) is 9.59 Å². The summed E-state index contributed by atoms with van der Waals surface area (Å²) >= 11 is 4.81. The van der Waals surface area contributed by atoms with E-state index in [4.69, 9.17) is 4.74 Å². The van der Waals surface area contributed by atoms with Crippen molar-refractivity contribution < 1.29 is 14.3 Å². The molecule has 3 rings (SSSR count). The number of nitrogens with zero attached hydrogens (tertiary/aromatic N) is 1. The molecule has 9 heteroatoms. The topological polar surface area (TPSA) is 80.3 Å². The molecule has 1 atom stereocenters. The lowest BCUT2D eigenvalue weighted by molar-refractivity contribution is -0.127. The van der Waals surface area contributed by atoms with Crippen molar-refractivity contribution in [1.29, 1.82) is 0 Å². The van der Waals surface area contributed by atoms with Crippen LogP contribution in [-0.4, -0.2) is 47.7 Å². The Morgan fingerprint density at radius 1 is 1.17 bits per heavy atom. The van der Waals surface area contributed by atoms with Crippen LogP contribution in [0.2, 0.25) is 0 Å². The number of ether oxygens (including phenoxy) is 1. The number of rotatable bonds is 10. The number of hydrogen-bond donors (Lipinski definition) is 2. The number of nitrogens with one attached hydrogen (secondary N) is 2. The van der Waals surface area contributed by atoms with Crippen LogP contribution < -0.4 is 15.4 Å². The largest absolute Gasteiger partial charge is 0.484 e. The molecule has 0 bridgehead atoms. The molecule has 0 spiro atoms. The van der Waals surface area contributed by atoms with Gasteiger partial charge in [0.15, 0.2) is 10.9 Å². The minimum absolute atomic E-state index is 0.142. The van der Waals surface area contributed by atoms with E-state index in [0.29, 0.717) is 17.9 Å². The van der Waals surface area contributed by atoms with Crippen LogP contribution in [0.5, 0.6) is 5.75 Å². The summed E-state index contributed by atoms with van der Waals surface area (Å²) < 4.78 is 7.47. The third-order valence-corrected chi connectivity index (χ3v) is 6.83. The molecule has 2 amide bonds. The Morgan fingerprint density at radius 2 is 1.97 bits per heavy atom. The fourth-order valence-electron chi connectivity index (χ4n) is 2.70. The number of para-hydroxylation sites is 1. The highest BCUT2D eigenvalue weighted by atomic mass is 32.2. The summed E-state index contributed by atoms with van der Waals surface area (Å²) in [6.45, 7) is -0.142. The van der Waals surface area contributed by atoms with Gasteiger partial charge in [-0.2, -0.15) is 11.8 Å². The van der Waals surface area contributed by atoms with Crippen LogP contribution in [0.15, 0.2) is 52.9 Å². The number of thiazole rings is 1. The molecule has 0 radical (unpaired) electrons. The minimum Gasteiger partial charge on any atom is -0.484 e. The quantitative estimate of drug-likeness (QED) is 0.439. The first-order valence-corrected chi connectivity index (χ1v) is 12.7. The fraction of sp³-hybridized carbons (Fsp3) is 0.286. The van der Waals surface area contributed by atoms with Gasteiger partial charge in [-0.15, -0.1) is 11.3 Å².